The van der Waals surface area contributed by atoms with Gasteiger partial charge in [0.05, 0.1) is 5.92 Å². The van der Waals surface area contributed by atoms with Crippen LogP contribution in [0.5, 0.6) is 0 Å². The van der Waals surface area contributed by atoms with Crippen LogP contribution in [0.3, 0.4) is 0 Å². The maximum Gasteiger partial charge on any atom is 0.308 e. The van der Waals surface area contributed by atoms with E-state index < -0.39 is 5.97 Å². The normalized spacial score (nSPS) is 35.2. The van der Waals surface area contributed by atoms with Crippen molar-refractivity contribution in [1.29, 1.82) is 0 Å². The van der Waals surface area contributed by atoms with Crippen molar-refractivity contribution in [3.05, 3.63) is 0 Å². The molecule has 0 bridgehead atoms. The molecule has 0 spiro atoms. The molecule has 3 nitrogen and oxygen atoms in total. The standard InChI is InChI=1S/C10H17NO2/c1-10(4-5-10)6-11-8-3-2-7(8)9(12)13/h7-8,11H,2-6H2,1H3,(H,12,13). The quantitative estimate of drug-likeness (QED) is 0.689. The van der Waals surface area contributed by atoms with Gasteiger partial charge < -0.3 is 10.4 Å². The number of rotatable bonds is 4. The van der Waals surface area contributed by atoms with Crippen LogP contribution in [-0.2, 0) is 4.79 Å². The van der Waals surface area contributed by atoms with Crippen LogP contribution in [0.2, 0.25) is 0 Å². The van der Waals surface area contributed by atoms with Crippen LogP contribution in [0.15, 0.2) is 0 Å². The Kier molecular flexibility index (Phi) is 2.06. The third-order valence-corrected chi connectivity index (χ3v) is 3.49. The van der Waals surface area contributed by atoms with Crippen LogP contribution in [0.1, 0.15) is 32.6 Å². The van der Waals surface area contributed by atoms with Gasteiger partial charge in [-0.3, -0.25) is 4.79 Å². The predicted octanol–water partition coefficient (Wildman–Crippen LogP) is 1.24. The number of nitrogens with one attached hydrogen (secondary N) is 1. The molecule has 0 radical (unpaired) electrons. The van der Waals surface area contributed by atoms with E-state index in [9.17, 15) is 4.79 Å². The molecule has 0 amide bonds. The molecule has 3 heteroatoms. The van der Waals surface area contributed by atoms with Crippen molar-refractivity contribution < 1.29 is 9.90 Å². The van der Waals surface area contributed by atoms with E-state index in [-0.39, 0.29) is 12.0 Å². The van der Waals surface area contributed by atoms with Gasteiger partial charge in [0.2, 0.25) is 0 Å². The number of aliphatic carboxylic acids is 1. The first kappa shape index (κ1) is 9.00. The van der Waals surface area contributed by atoms with Gasteiger partial charge in [-0.15, -0.1) is 0 Å². The number of carboxylic acid groups (broad SMARTS) is 1. The van der Waals surface area contributed by atoms with Crippen molar-refractivity contribution in [1.82, 2.24) is 5.32 Å². The summed E-state index contributed by atoms with van der Waals surface area (Å²) in [6.07, 6.45) is 4.48. The summed E-state index contributed by atoms with van der Waals surface area (Å²) in [6, 6.07) is 0.245. The summed E-state index contributed by atoms with van der Waals surface area (Å²) in [6.45, 7) is 3.26. The molecule has 0 aliphatic heterocycles. The van der Waals surface area contributed by atoms with E-state index in [0.29, 0.717) is 5.41 Å². The molecule has 0 heterocycles. The van der Waals surface area contributed by atoms with E-state index in [1.54, 1.807) is 0 Å². The molecule has 13 heavy (non-hydrogen) atoms. The Morgan fingerprint density at radius 3 is 2.62 bits per heavy atom. The molecule has 2 atom stereocenters. The van der Waals surface area contributed by atoms with Gasteiger partial charge >= 0.3 is 5.97 Å². The van der Waals surface area contributed by atoms with E-state index in [2.05, 4.69) is 12.2 Å². The van der Waals surface area contributed by atoms with E-state index in [1.807, 2.05) is 0 Å². The summed E-state index contributed by atoms with van der Waals surface area (Å²) in [7, 11) is 0. The largest absolute Gasteiger partial charge is 0.481 e. The summed E-state index contributed by atoms with van der Waals surface area (Å²) in [5.41, 5.74) is 0.485. The summed E-state index contributed by atoms with van der Waals surface area (Å²) >= 11 is 0. The summed E-state index contributed by atoms with van der Waals surface area (Å²) in [4.78, 5) is 10.7. The second-order valence-electron chi connectivity index (χ2n) is 4.82. The zero-order chi connectivity index (χ0) is 9.47. The minimum absolute atomic E-state index is 0.123. The molecule has 0 aromatic heterocycles. The van der Waals surface area contributed by atoms with E-state index in [4.69, 9.17) is 5.11 Å². The Hall–Kier alpha value is -0.570. The second kappa shape index (κ2) is 2.98. The number of hydrogen-bond donors (Lipinski definition) is 2. The molecule has 2 aliphatic carbocycles. The van der Waals surface area contributed by atoms with E-state index in [1.165, 1.54) is 12.8 Å². The van der Waals surface area contributed by atoms with Crippen molar-refractivity contribution >= 4 is 5.97 Å². The Morgan fingerprint density at radius 2 is 2.23 bits per heavy atom. The van der Waals surface area contributed by atoms with Crippen molar-refractivity contribution in [2.45, 2.75) is 38.6 Å². The lowest BCUT2D eigenvalue weighted by atomic mass is 9.79. The minimum atomic E-state index is -0.635. The highest BCUT2D eigenvalue weighted by Gasteiger charge is 2.41. The molecule has 74 valence electrons. The van der Waals surface area contributed by atoms with Gasteiger partial charge in [0.15, 0.2) is 0 Å². The average molecular weight is 183 g/mol. The summed E-state index contributed by atoms with van der Waals surface area (Å²) in [5.74, 6) is -0.757. The average Bonchev–Trinajstić information content (AvgIpc) is 2.65. The Labute approximate surface area is 78.5 Å². The fourth-order valence-corrected chi connectivity index (χ4v) is 1.81. The van der Waals surface area contributed by atoms with Crippen LogP contribution >= 0.6 is 0 Å². The maximum atomic E-state index is 10.7. The van der Waals surface area contributed by atoms with Crippen molar-refractivity contribution in [3.8, 4) is 0 Å². The van der Waals surface area contributed by atoms with Crippen LogP contribution in [0.4, 0.5) is 0 Å². The van der Waals surface area contributed by atoms with Gasteiger partial charge in [-0.2, -0.15) is 0 Å². The maximum absolute atomic E-state index is 10.7. The van der Waals surface area contributed by atoms with E-state index >= 15 is 0 Å². The lowest BCUT2D eigenvalue weighted by Gasteiger charge is -2.35. The molecule has 2 rings (SSSR count). The van der Waals surface area contributed by atoms with Gasteiger partial charge in [-0.05, 0) is 31.1 Å². The number of carbonyl (C=O) groups is 1. The summed E-state index contributed by atoms with van der Waals surface area (Å²) in [5, 5.41) is 12.2. The van der Waals surface area contributed by atoms with Crippen molar-refractivity contribution in [2.24, 2.45) is 11.3 Å². The van der Waals surface area contributed by atoms with Crippen LogP contribution in [0.25, 0.3) is 0 Å². The van der Waals surface area contributed by atoms with Gasteiger partial charge in [0, 0.05) is 12.6 Å². The molecule has 2 fully saturated rings. The third-order valence-electron chi connectivity index (χ3n) is 3.49. The van der Waals surface area contributed by atoms with Gasteiger partial charge in [-0.25, -0.2) is 0 Å². The van der Waals surface area contributed by atoms with Gasteiger partial charge in [-0.1, -0.05) is 6.92 Å². The fourth-order valence-electron chi connectivity index (χ4n) is 1.81. The topological polar surface area (TPSA) is 49.3 Å². The third kappa shape index (κ3) is 1.85. The number of hydrogen-bond acceptors (Lipinski definition) is 2. The Morgan fingerprint density at radius 1 is 1.54 bits per heavy atom. The molecule has 2 N–H and O–H groups in total. The molecule has 2 aliphatic rings. The smallest absolute Gasteiger partial charge is 0.308 e. The second-order valence-corrected chi connectivity index (χ2v) is 4.82. The minimum Gasteiger partial charge on any atom is -0.481 e. The number of carboxylic acids is 1. The zero-order valence-corrected chi connectivity index (χ0v) is 8.05. The van der Waals surface area contributed by atoms with Crippen molar-refractivity contribution in [3.63, 3.8) is 0 Å². The predicted molar refractivity (Wildman–Crippen MR) is 49.5 cm³/mol. The van der Waals surface area contributed by atoms with Crippen LogP contribution in [0, 0.1) is 11.3 Å². The lowest BCUT2D eigenvalue weighted by Crippen LogP contribution is -2.49. The first-order valence-electron chi connectivity index (χ1n) is 5.07. The monoisotopic (exact) mass is 183 g/mol. The Balaban J connectivity index is 1.73. The SMILES string of the molecule is CC1(CNC2CCC2C(=O)O)CC1. The summed E-state index contributed by atoms with van der Waals surface area (Å²) < 4.78 is 0. The highest BCUT2D eigenvalue weighted by atomic mass is 16.4. The lowest BCUT2D eigenvalue weighted by molar-refractivity contribution is -0.146. The van der Waals surface area contributed by atoms with Crippen LogP contribution in [-0.4, -0.2) is 23.7 Å². The molecule has 0 saturated heterocycles. The highest BCUT2D eigenvalue weighted by Crippen LogP contribution is 2.44. The first-order chi connectivity index (χ1) is 6.11. The molecular weight excluding hydrogens is 166 g/mol. The Bertz CT molecular complexity index is 223. The van der Waals surface area contributed by atoms with Gasteiger partial charge in [0.1, 0.15) is 0 Å². The van der Waals surface area contributed by atoms with E-state index in [0.717, 1.165) is 19.4 Å². The zero-order valence-electron chi connectivity index (χ0n) is 8.05. The molecule has 2 saturated carbocycles. The van der Waals surface area contributed by atoms with Gasteiger partial charge in [0.25, 0.3) is 0 Å². The van der Waals surface area contributed by atoms with Crippen molar-refractivity contribution in [2.75, 3.05) is 6.54 Å². The molecule has 2 unspecified atom stereocenters. The first-order valence-corrected chi connectivity index (χ1v) is 5.07. The van der Waals surface area contributed by atoms with Crippen LogP contribution < -0.4 is 5.32 Å². The molecule has 0 aromatic carbocycles. The molecule has 0 aromatic rings. The highest BCUT2D eigenvalue weighted by molar-refractivity contribution is 5.72. The molecular formula is C10H17NO2. The fraction of sp³-hybridized carbons (Fsp3) is 0.900.